The first kappa shape index (κ1) is 22.9. The highest BCUT2D eigenvalue weighted by atomic mass is 16.5. The Balaban J connectivity index is 3.69. The summed E-state index contributed by atoms with van der Waals surface area (Å²) in [7, 11) is 0. The van der Waals surface area contributed by atoms with Gasteiger partial charge in [-0.2, -0.15) is 4.65 Å². The van der Waals surface area contributed by atoms with Crippen molar-refractivity contribution in [3.8, 4) is 0 Å². The number of hydrogen-bond acceptors (Lipinski definition) is 1. The molecule has 0 unspecified atom stereocenters. The van der Waals surface area contributed by atoms with E-state index in [-0.39, 0.29) is 0 Å². The van der Waals surface area contributed by atoms with Crippen molar-refractivity contribution in [2.75, 3.05) is 19.6 Å². The van der Waals surface area contributed by atoms with Gasteiger partial charge in [-0.3, -0.25) is 0 Å². The molecule has 140 valence electrons. The molecule has 0 aromatic carbocycles. The molecule has 23 heavy (non-hydrogen) atoms. The summed E-state index contributed by atoms with van der Waals surface area (Å²) < 4.78 is 0.334. The standard InChI is InChI=1S/C21H46NO/c1-4-7-9-11-13-15-17-20-22(23,19-6-3)21-18-16-14-12-10-8-5-2/h23H,4-21H2,1-3H3/q+1. The van der Waals surface area contributed by atoms with Crippen LogP contribution in [0, 0.1) is 0 Å². The maximum atomic E-state index is 10.8. The predicted molar refractivity (Wildman–Crippen MR) is 103 cm³/mol. The van der Waals surface area contributed by atoms with Crippen LogP contribution in [0.2, 0.25) is 0 Å². The van der Waals surface area contributed by atoms with Crippen LogP contribution in [0.25, 0.3) is 0 Å². The van der Waals surface area contributed by atoms with Gasteiger partial charge in [-0.1, -0.05) is 85.0 Å². The maximum Gasteiger partial charge on any atom is 0.109 e. The van der Waals surface area contributed by atoms with E-state index in [2.05, 4.69) is 20.8 Å². The zero-order chi connectivity index (χ0) is 17.2. The lowest BCUT2D eigenvalue weighted by Crippen LogP contribution is -2.46. The van der Waals surface area contributed by atoms with Crippen LogP contribution < -0.4 is 0 Å². The first-order valence-corrected chi connectivity index (χ1v) is 10.8. The molecule has 0 fully saturated rings. The highest BCUT2D eigenvalue weighted by Crippen LogP contribution is 2.14. The lowest BCUT2D eigenvalue weighted by molar-refractivity contribution is -1.10. The van der Waals surface area contributed by atoms with Gasteiger partial charge in [0.05, 0.1) is 0 Å². The number of hydrogen-bond donors (Lipinski definition) is 1. The Kier molecular flexibility index (Phi) is 16.7. The van der Waals surface area contributed by atoms with E-state index in [0.717, 1.165) is 26.1 Å². The molecule has 2 heteroatoms. The van der Waals surface area contributed by atoms with E-state index >= 15 is 0 Å². The van der Waals surface area contributed by atoms with Gasteiger partial charge < -0.3 is 0 Å². The summed E-state index contributed by atoms with van der Waals surface area (Å²) in [5.41, 5.74) is 0. The number of nitrogens with zero attached hydrogens (tertiary/aromatic N) is 1. The molecule has 0 rings (SSSR count). The molecule has 0 aliphatic rings. The maximum absolute atomic E-state index is 10.8. The van der Waals surface area contributed by atoms with E-state index in [1.807, 2.05) is 0 Å². The highest BCUT2D eigenvalue weighted by Gasteiger charge is 2.23. The number of unbranched alkanes of at least 4 members (excludes halogenated alkanes) is 12. The normalized spacial score (nSPS) is 12.0. The van der Waals surface area contributed by atoms with Gasteiger partial charge in [-0.15, -0.1) is 0 Å². The van der Waals surface area contributed by atoms with Crippen LogP contribution in [0.1, 0.15) is 117 Å². The van der Waals surface area contributed by atoms with E-state index in [1.165, 1.54) is 89.9 Å². The monoisotopic (exact) mass is 328 g/mol. The molecule has 0 bridgehead atoms. The van der Waals surface area contributed by atoms with Gasteiger partial charge in [0, 0.05) is 0 Å². The number of quaternary nitrogens is 1. The van der Waals surface area contributed by atoms with Crippen molar-refractivity contribution in [1.82, 2.24) is 0 Å². The molecular weight excluding hydrogens is 282 g/mol. The predicted octanol–water partition coefficient (Wildman–Crippen LogP) is 7.10. The third-order valence-electron chi connectivity index (χ3n) is 5.00. The van der Waals surface area contributed by atoms with Gasteiger partial charge in [0.25, 0.3) is 0 Å². The molecular formula is C21H46NO+. The molecule has 0 aromatic heterocycles. The number of rotatable bonds is 18. The Labute approximate surface area is 147 Å². The minimum absolute atomic E-state index is 0.334. The summed E-state index contributed by atoms with van der Waals surface area (Å²) >= 11 is 0. The molecule has 0 aliphatic heterocycles. The largest absolute Gasteiger partial charge is 0.217 e. The van der Waals surface area contributed by atoms with E-state index in [1.54, 1.807) is 0 Å². The zero-order valence-electron chi connectivity index (χ0n) is 16.6. The van der Waals surface area contributed by atoms with Crippen LogP contribution in [0.15, 0.2) is 0 Å². The lowest BCUT2D eigenvalue weighted by Gasteiger charge is -2.30. The van der Waals surface area contributed by atoms with E-state index in [0.29, 0.717) is 4.65 Å². The molecule has 0 atom stereocenters. The van der Waals surface area contributed by atoms with Crippen molar-refractivity contribution in [2.24, 2.45) is 0 Å². The minimum Gasteiger partial charge on any atom is -0.217 e. The van der Waals surface area contributed by atoms with Crippen molar-refractivity contribution in [2.45, 2.75) is 117 Å². The summed E-state index contributed by atoms with van der Waals surface area (Å²) in [5, 5.41) is 10.8. The van der Waals surface area contributed by atoms with Crippen LogP contribution in [-0.2, 0) is 0 Å². The molecule has 0 radical (unpaired) electrons. The lowest BCUT2D eigenvalue weighted by atomic mass is 10.1. The van der Waals surface area contributed by atoms with Crippen molar-refractivity contribution in [3.63, 3.8) is 0 Å². The molecule has 1 N–H and O–H groups in total. The highest BCUT2D eigenvalue weighted by molar-refractivity contribution is 4.48. The molecule has 0 saturated carbocycles. The van der Waals surface area contributed by atoms with Gasteiger partial charge in [0.2, 0.25) is 0 Å². The van der Waals surface area contributed by atoms with Gasteiger partial charge in [0.15, 0.2) is 0 Å². The topological polar surface area (TPSA) is 20.2 Å². The fraction of sp³-hybridized carbons (Fsp3) is 1.00. The van der Waals surface area contributed by atoms with Crippen LogP contribution in [0.3, 0.4) is 0 Å². The van der Waals surface area contributed by atoms with Crippen LogP contribution >= 0.6 is 0 Å². The van der Waals surface area contributed by atoms with Crippen LogP contribution in [0.5, 0.6) is 0 Å². The quantitative estimate of drug-likeness (QED) is 0.161. The molecule has 0 aromatic rings. The summed E-state index contributed by atoms with van der Waals surface area (Å²) in [6, 6.07) is 0. The third-order valence-corrected chi connectivity index (χ3v) is 5.00. The Morgan fingerprint density at radius 2 is 0.783 bits per heavy atom. The van der Waals surface area contributed by atoms with Crippen LogP contribution in [-0.4, -0.2) is 29.5 Å². The molecule has 0 aliphatic carbocycles. The van der Waals surface area contributed by atoms with Crippen molar-refractivity contribution >= 4 is 0 Å². The molecule has 0 saturated heterocycles. The summed E-state index contributed by atoms with van der Waals surface area (Å²) in [4.78, 5) is 0. The molecule has 0 amide bonds. The fourth-order valence-electron chi connectivity index (χ4n) is 3.48. The average Bonchev–Trinajstić information content (AvgIpc) is 2.53. The zero-order valence-corrected chi connectivity index (χ0v) is 16.6. The van der Waals surface area contributed by atoms with Crippen molar-refractivity contribution in [3.05, 3.63) is 0 Å². The van der Waals surface area contributed by atoms with Gasteiger partial charge in [-0.25, -0.2) is 5.21 Å². The van der Waals surface area contributed by atoms with E-state index in [9.17, 15) is 5.21 Å². The van der Waals surface area contributed by atoms with Gasteiger partial charge in [-0.05, 0) is 32.1 Å². The second-order valence-corrected chi connectivity index (χ2v) is 7.51. The molecule has 0 spiro atoms. The SMILES string of the molecule is CCCCCCCCC[N+](O)(CCC)CCCCCCCCC. The smallest absolute Gasteiger partial charge is 0.109 e. The second kappa shape index (κ2) is 16.8. The molecule has 0 heterocycles. The number of hydroxylamine groups is 3. The van der Waals surface area contributed by atoms with E-state index in [4.69, 9.17) is 0 Å². The third kappa shape index (κ3) is 15.2. The summed E-state index contributed by atoms with van der Waals surface area (Å²) in [6.07, 6.45) is 19.7. The van der Waals surface area contributed by atoms with Crippen LogP contribution in [0.4, 0.5) is 0 Å². The fourth-order valence-corrected chi connectivity index (χ4v) is 3.48. The second-order valence-electron chi connectivity index (χ2n) is 7.51. The van der Waals surface area contributed by atoms with E-state index < -0.39 is 0 Å². The van der Waals surface area contributed by atoms with Gasteiger partial charge >= 0.3 is 0 Å². The van der Waals surface area contributed by atoms with Crippen molar-refractivity contribution < 1.29 is 9.85 Å². The Morgan fingerprint density at radius 1 is 0.435 bits per heavy atom. The first-order chi connectivity index (χ1) is 11.2. The minimum atomic E-state index is 0.334. The summed E-state index contributed by atoms with van der Waals surface area (Å²) in [5.74, 6) is 0. The Bertz CT molecular complexity index is 212. The first-order valence-electron chi connectivity index (χ1n) is 10.8. The summed E-state index contributed by atoms with van der Waals surface area (Å²) in [6.45, 7) is 9.61. The Morgan fingerprint density at radius 3 is 1.13 bits per heavy atom. The van der Waals surface area contributed by atoms with Gasteiger partial charge in [0.1, 0.15) is 19.6 Å². The molecule has 2 nitrogen and oxygen atoms in total. The average molecular weight is 329 g/mol. The van der Waals surface area contributed by atoms with Crippen molar-refractivity contribution in [1.29, 1.82) is 0 Å². The Hall–Kier alpha value is -0.0800.